The third kappa shape index (κ3) is 1.35. The second-order valence-corrected chi connectivity index (χ2v) is 2.48. The van der Waals surface area contributed by atoms with Crippen molar-refractivity contribution in [3.05, 3.63) is 0 Å². The summed E-state index contributed by atoms with van der Waals surface area (Å²) in [4.78, 5) is 21.4. The molecule has 56 valence electrons. The van der Waals surface area contributed by atoms with Gasteiger partial charge >= 0.3 is 0 Å². The minimum atomic E-state index is -0.160. The Bertz CT molecular complexity index is 165. The minimum absolute atomic E-state index is 0.0296. The molecule has 1 rings (SSSR count). The van der Waals surface area contributed by atoms with E-state index in [1.807, 2.05) is 0 Å². The van der Waals surface area contributed by atoms with Crippen molar-refractivity contribution in [2.75, 3.05) is 0 Å². The third-order valence-electron chi connectivity index (χ3n) is 1.72. The van der Waals surface area contributed by atoms with Crippen LogP contribution in [0.2, 0.25) is 0 Å². The lowest BCUT2D eigenvalue weighted by Gasteiger charge is -2.24. The van der Waals surface area contributed by atoms with Crippen LogP contribution in [0.25, 0.3) is 0 Å². The Labute approximate surface area is 59.8 Å². The van der Waals surface area contributed by atoms with E-state index in [0.29, 0.717) is 12.8 Å². The van der Waals surface area contributed by atoms with Gasteiger partial charge in [-0.05, 0) is 6.42 Å². The van der Waals surface area contributed by atoms with Crippen LogP contribution in [-0.2, 0) is 9.59 Å². The molecule has 1 amide bonds. The molecule has 1 saturated carbocycles. The molecule has 1 aliphatic carbocycles. The molecule has 1 unspecified atom stereocenters. The first kappa shape index (κ1) is 7.25. The SMILES string of the molecule is CCC(=O)NC1CCC1=O. The monoisotopic (exact) mass is 141 g/mol. The number of amides is 1. The van der Waals surface area contributed by atoms with Gasteiger partial charge in [-0.2, -0.15) is 0 Å². The fourth-order valence-corrected chi connectivity index (χ4v) is 0.856. The topological polar surface area (TPSA) is 46.2 Å². The van der Waals surface area contributed by atoms with Crippen LogP contribution in [0.4, 0.5) is 0 Å². The Hall–Kier alpha value is -0.860. The molecule has 1 aliphatic rings. The molecule has 3 nitrogen and oxygen atoms in total. The predicted octanol–water partition coefficient (Wildman–Crippen LogP) is 0.244. The van der Waals surface area contributed by atoms with Crippen LogP contribution in [0.15, 0.2) is 0 Å². The molecular weight excluding hydrogens is 130 g/mol. The van der Waals surface area contributed by atoms with Gasteiger partial charge in [0, 0.05) is 12.8 Å². The van der Waals surface area contributed by atoms with Crippen molar-refractivity contribution in [3.63, 3.8) is 0 Å². The standard InChI is InChI=1S/C7H11NO2/c1-2-7(10)8-5-3-4-6(5)9/h5H,2-4H2,1H3,(H,8,10). The lowest BCUT2D eigenvalue weighted by atomic mass is 9.91. The first-order valence-electron chi connectivity index (χ1n) is 3.56. The Morgan fingerprint density at radius 2 is 2.50 bits per heavy atom. The van der Waals surface area contributed by atoms with Gasteiger partial charge in [0.15, 0.2) is 5.78 Å². The highest BCUT2D eigenvalue weighted by Gasteiger charge is 2.28. The summed E-state index contributed by atoms with van der Waals surface area (Å²) in [6, 6.07) is -0.160. The molecular formula is C7H11NO2. The van der Waals surface area contributed by atoms with E-state index in [1.54, 1.807) is 6.92 Å². The summed E-state index contributed by atoms with van der Waals surface area (Å²) in [5.74, 6) is 0.139. The molecule has 0 bridgehead atoms. The van der Waals surface area contributed by atoms with E-state index in [4.69, 9.17) is 0 Å². The molecule has 0 heterocycles. The van der Waals surface area contributed by atoms with Crippen LogP contribution < -0.4 is 5.32 Å². The van der Waals surface area contributed by atoms with Crippen LogP contribution >= 0.6 is 0 Å². The average molecular weight is 141 g/mol. The summed E-state index contributed by atoms with van der Waals surface area (Å²) in [5.41, 5.74) is 0. The van der Waals surface area contributed by atoms with E-state index in [1.165, 1.54) is 0 Å². The molecule has 0 radical (unpaired) electrons. The number of Topliss-reactive ketones (excluding diaryl/α,β-unsaturated/α-hetero) is 1. The van der Waals surface area contributed by atoms with Gasteiger partial charge in [-0.25, -0.2) is 0 Å². The number of hydrogen-bond donors (Lipinski definition) is 1. The molecule has 0 aromatic heterocycles. The van der Waals surface area contributed by atoms with Gasteiger partial charge in [-0.15, -0.1) is 0 Å². The highest BCUT2D eigenvalue weighted by molar-refractivity contribution is 5.93. The summed E-state index contributed by atoms with van der Waals surface area (Å²) in [6.07, 6.45) is 1.92. The maximum Gasteiger partial charge on any atom is 0.220 e. The van der Waals surface area contributed by atoms with Crippen molar-refractivity contribution in [1.82, 2.24) is 5.32 Å². The third-order valence-corrected chi connectivity index (χ3v) is 1.72. The van der Waals surface area contributed by atoms with E-state index in [-0.39, 0.29) is 17.7 Å². The first-order chi connectivity index (χ1) is 4.74. The molecule has 0 aliphatic heterocycles. The molecule has 10 heavy (non-hydrogen) atoms. The van der Waals surface area contributed by atoms with Crippen molar-refractivity contribution in [3.8, 4) is 0 Å². The quantitative estimate of drug-likeness (QED) is 0.599. The Balaban J connectivity index is 2.25. The average Bonchev–Trinajstić information content (AvgIpc) is 1.96. The summed E-state index contributed by atoms with van der Waals surface area (Å²) in [5, 5.41) is 2.63. The summed E-state index contributed by atoms with van der Waals surface area (Å²) in [7, 11) is 0. The van der Waals surface area contributed by atoms with Gasteiger partial charge in [-0.3, -0.25) is 9.59 Å². The van der Waals surface area contributed by atoms with E-state index in [9.17, 15) is 9.59 Å². The van der Waals surface area contributed by atoms with Crippen LogP contribution in [0, 0.1) is 0 Å². The largest absolute Gasteiger partial charge is 0.346 e. The van der Waals surface area contributed by atoms with Gasteiger partial charge in [0.1, 0.15) is 0 Å². The van der Waals surface area contributed by atoms with E-state index in [0.717, 1.165) is 6.42 Å². The Morgan fingerprint density at radius 3 is 2.80 bits per heavy atom. The van der Waals surface area contributed by atoms with Crippen molar-refractivity contribution >= 4 is 11.7 Å². The lowest BCUT2D eigenvalue weighted by molar-refractivity contribution is -0.131. The van der Waals surface area contributed by atoms with Gasteiger partial charge in [0.2, 0.25) is 5.91 Å². The second-order valence-electron chi connectivity index (χ2n) is 2.48. The van der Waals surface area contributed by atoms with Gasteiger partial charge in [-0.1, -0.05) is 6.92 Å². The van der Waals surface area contributed by atoms with Gasteiger partial charge in [0.05, 0.1) is 6.04 Å². The molecule has 3 heteroatoms. The number of carbonyl (C=O) groups excluding carboxylic acids is 2. The molecule has 0 aromatic rings. The number of hydrogen-bond acceptors (Lipinski definition) is 2. The highest BCUT2D eigenvalue weighted by Crippen LogP contribution is 2.13. The van der Waals surface area contributed by atoms with E-state index in [2.05, 4.69) is 5.32 Å². The number of carbonyl (C=O) groups is 2. The maximum absolute atomic E-state index is 10.7. The van der Waals surface area contributed by atoms with Crippen molar-refractivity contribution in [1.29, 1.82) is 0 Å². The van der Waals surface area contributed by atoms with Crippen molar-refractivity contribution < 1.29 is 9.59 Å². The lowest BCUT2D eigenvalue weighted by Crippen LogP contribution is -2.46. The number of rotatable bonds is 2. The first-order valence-corrected chi connectivity index (χ1v) is 3.56. The van der Waals surface area contributed by atoms with Crippen LogP contribution in [0.1, 0.15) is 26.2 Å². The van der Waals surface area contributed by atoms with Crippen LogP contribution in [-0.4, -0.2) is 17.7 Å². The molecule has 0 spiro atoms. The predicted molar refractivity (Wildman–Crippen MR) is 36.5 cm³/mol. The Morgan fingerprint density at radius 1 is 1.80 bits per heavy atom. The zero-order valence-corrected chi connectivity index (χ0v) is 6.02. The molecule has 1 atom stereocenters. The summed E-state index contributed by atoms with van der Waals surface area (Å²) < 4.78 is 0. The van der Waals surface area contributed by atoms with Crippen molar-refractivity contribution in [2.24, 2.45) is 0 Å². The zero-order chi connectivity index (χ0) is 7.56. The van der Waals surface area contributed by atoms with Crippen LogP contribution in [0.3, 0.4) is 0 Å². The smallest absolute Gasteiger partial charge is 0.220 e. The summed E-state index contributed by atoms with van der Waals surface area (Å²) >= 11 is 0. The van der Waals surface area contributed by atoms with Crippen molar-refractivity contribution in [2.45, 2.75) is 32.2 Å². The second kappa shape index (κ2) is 2.82. The zero-order valence-electron chi connectivity index (χ0n) is 6.02. The molecule has 0 aromatic carbocycles. The molecule has 0 saturated heterocycles. The van der Waals surface area contributed by atoms with Gasteiger partial charge < -0.3 is 5.32 Å². The fraction of sp³-hybridized carbons (Fsp3) is 0.714. The highest BCUT2D eigenvalue weighted by atomic mass is 16.2. The molecule has 1 N–H and O–H groups in total. The maximum atomic E-state index is 10.7. The molecule has 1 fully saturated rings. The minimum Gasteiger partial charge on any atom is -0.346 e. The van der Waals surface area contributed by atoms with E-state index >= 15 is 0 Å². The van der Waals surface area contributed by atoms with Gasteiger partial charge in [0.25, 0.3) is 0 Å². The normalized spacial score (nSPS) is 23.7. The Kier molecular flexibility index (Phi) is 2.04. The summed E-state index contributed by atoms with van der Waals surface area (Å²) in [6.45, 7) is 1.78. The fourth-order valence-electron chi connectivity index (χ4n) is 0.856. The van der Waals surface area contributed by atoms with Crippen LogP contribution in [0.5, 0.6) is 0 Å². The number of ketones is 1. The van der Waals surface area contributed by atoms with E-state index < -0.39 is 0 Å². The number of nitrogens with one attached hydrogen (secondary N) is 1.